The highest BCUT2D eigenvalue weighted by Crippen LogP contribution is 2.21. The Morgan fingerprint density at radius 3 is 2.65 bits per heavy atom. The first kappa shape index (κ1) is 16.9. The second kappa shape index (κ2) is 7.21. The van der Waals surface area contributed by atoms with Gasteiger partial charge in [0.25, 0.3) is 0 Å². The van der Waals surface area contributed by atoms with Crippen molar-refractivity contribution in [3.8, 4) is 0 Å². The van der Waals surface area contributed by atoms with Crippen molar-refractivity contribution < 1.29 is 19.8 Å². The van der Waals surface area contributed by atoms with Crippen LogP contribution in [0, 0.1) is 0 Å². The zero-order valence-corrected chi connectivity index (χ0v) is 13.3. The number of nitrogens with zero attached hydrogens (tertiary/aromatic N) is 1. The van der Waals surface area contributed by atoms with Crippen LogP contribution in [0.1, 0.15) is 17.4 Å². The lowest BCUT2D eigenvalue weighted by Crippen LogP contribution is -2.47. The van der Waals surface area contributed by atoms with Crippen molar-refractivity contribution >= 4 is 28.5 Å². The fourth-order valence-electron chi connectivity index (χ4n) is 1.71. The van der Waals surface area contributed by atoms with Crippen LogP contribution in [-0.2, 0) is 11.2 Å². The fraction of sp³-hybridized carbons (Fsp3) is 0.267. The predicted octanol–water partition coefficient (Wildman–Crippen LogP) is 1.69. The Labute approximate surface area is 137 Å². The molecule has 1 aromatic carbocycles. The minimum atomic E-state index is -2.02. The van der Waals surface area contributed by atoms with Crippen molar-refractivity contribution in [3.05, 3.63) is 47.0 Å². The van der Waals surface area contributed by atoms with E-state index in [9.17, 15) is 14.7 Å². The molecule has 0 aliphatic carbocycles. The van der Waals surface area contributed by atoms with Gasteiger partial charge in [-0.2, -0.15) is 0 Å². The summed E-state index contributed by atoms with van der Waals surface area (Å²) in [6.07, 6.45) is 2.40. The Morgan fingerprint density at radius 2 is 2.00 bits per heavy atom. The Bertz CT molecular complexity index is 685. The SMILES string of the molecule is CC(O)(CNC(=O)Nc1ncc(Cc2ccccc2)s1)C(=O)O. The average molecular weight is 335 g/mol. The van der Waals surface area contributed by atoms with Gasteiger partial charge < -0.3 is 15.5 Å². The van der Waals surface area contributed by atoms with Gasteiger partial charge in [-0.25, -0.2) is 14.6 Å². The fourth-order valence-corrected chi connectivity index (χ4v) is 2.56. The number of benzene rings is 1. The number of carboxylic acid groups (broad SMARTS) is 1. The lowest BCUT2D eigenvalue weighted by molar-refractivity contribution is -0.155. The van der Waals surface area contributed by atoms with Gasteiger partial charge in [-0.1, -0.05) is 30.3 Å². The molecular weight excluding hydrogens is 318 g/mol. The van der Waals surface area contributed by atoms with Crippen LogP contribution in [0.15, 0.2) is 36.5 Å². The van der Waals surface area contributed by atoms with E-state index in [0.717, 1.165) is 23.8 Å². The first-order valence-corrected chi connectivity index (χ1v) is 7.68. The van der Waals surface area contributed by atoms with Crippen LogP contribution in [0.2, 0.25) is 0 Å². The molecule has 1 aromatic heterocycles. The second-order valence-electron chi connectivity index (χ2n) is 5.18. The van der Waals surface area contributed by atoms with Gasteiger partial charge in [0.15, 0.2) is 10.7 Å². The number of carbonyl (C=O) groups is 2. The van der Waals surface area contributed by atoms with E-state index in [1.165, 1.54) is 11.3 Å². The van der Waals surface area contributed by atoms with Gasteiger partial charge in [0.05, 0.1) is 6.54 Å². The molecule has 0 spiro atoms. The van der Waals surface area contributed by atoms with Crippen LogP contribution < -0.4 is 10.6 Å². The minimum Gasteiger partial charge on any atom is -0.479 e. The average Bonchev–Trinajstić information content (AvgIpc) is 2.93. The van der Waals surface area contributed by atoms with Crippen LogP contribution in [-0.4, -0.2) is 39.3 Å². The highest BCUT2D eigenvalue weighted by atomic mass is 32.1. The molecule has 0 aliphatic heterocycles. The largest absolute Gasteiger partial charge is 0.479 e. The van der Waals surface area contributed by atoms with Crippen molar-refractivity contribution in [3.63, 3.8) is 0 Å². The van der Waals surface area contributed by atoms with E-state index in [1.807, 2.05) is 30.3 Å². The highest BCUT2D eigenvalue weighted by molar-refractivity contribution is 7.15. The summed E-state index contributed by atoms with van der Waals surface area (Å²) in [5, 5.41) is 23.5. The molecule has 0 saturated carbocycles. The molecule has 1 atom stereocenters. The van der Waals surface area contributed by atoms with Crippen molar-refractivity contribution in [2.24, 2.45) is 0 Å². The van der Waals surface area contributed by atoms with Crippen LogP contribution in [0.4, 0.5) is 9.93 Å². The summed E-state index contributed by atoms with van der Waals surface area (Å²) in [6, 6.07) is 9.25. The first-order valence-electron chi connectivity index (χ1n) is 6.86. The maximum absolute atomic E-state index is 11.7. The third kappa shape index (κ3) is 5.04. The maximum Gasteiger partial charge on any atom is 0.337 e. The summed E-state index contributed by atoms with van der Waals surface area (Å²) >= 11 is 1.33. The number of amides is 2. The molecule has 2 rings (SSSR count). The van der Waals surface area contributed by atoms with E-state index >= 15 is 0 Å². The second-order valence-corrected chi connectivity index (χ2v) is 6.30. The van der Waals surface area contributed by atoms with Gasteiger partial charge in [-0.15, -0.1) is 11.3 Å². The summed E-state index contributed by atoms with van der Waals surface area (Å²) in [7, 11) is 0. The summed E-state index contributed by atoms with van der Waals surface area (Å²) in [5.74, 6) is -1.41. The maximum atomic E-state index is 11.7. The summed E-state index contributed by atoms with van der Waals surface area (Å²) in [5.41, 5.74) is -0.872. The Morgan fingerprint density at radius 1 is 1.30 bits per heavy atom. The molecule has 0 fully saturated rings. The molecule has 0 radical (unpaired) electrons. The van der Waals surface area contributed by atoms with Gasteiger partial charge in [0.1, 0.15) is 0 Å². The Kier molecular flexibility index (Phi) is 5.30. The van der Waals surface area contributed by atoms with E-state index in [1.54, 1.807) is 6.20 Å². The quantitative estimate of drug-likeness (QED) is 0.642. The molecule has 0 aliphatic rings. The lowest BCUT2D eigenvalue weighted by atomic mass is 10.1. The van der Waals surface area contributed by atoms with Gasteiger partial charge in [0, 0.05) is 17.5 Å². The van der Waals surface area contributed by atoms with Gasteiger partial charge in [-0.3, -0.25) is 5.32 Å². The van der Waals surface area contributed by atoms with E-state index in [0.29, 0.717) is 5.13 Å². The number of aliphatic hydroxyl groups is 1. The van der Waals surface area contributed by atoms with E-state index in [2.05, 4.69) is 15.6 Å². The molecule has 8 heteroatoms. The smallest absolute Gasteiger partial charge is 0.337 e. The highest BCUT2D eigenvalue weighted by Gasteiger charge is 2.30. The molecule has 122 valence electrons. The van der Waals surface area contributed by atoms with Crippen LogP contribution in [0.25, 0.3) is 0 Å². The first-order chi connectivity index (χ1) is 10.9. The molecule has 1 unspecified atom stereocenters. The standard InChI is InChI=1S/C15H17N3O4S/c1-15(22,12(19)20)9-17-13(21)18-14-16-8-11(23-14)7-10-5-3-2-4-6-10/h2-6,8,22H,7,9H2,1H3,(H,19,20)(H2,16,17,18,21). The normalized spacial score (nSPS) is 13.1. The van der Waals surface area contributed by atoms with Crippen molar-refractivity contribution in [1.29, 1.82) is 0 Å². The van der Waals surface area contributed by atoms with Gasteiger partial charge in [0.2, 0.25) is 0 Å². The number of hydrogen-bond acceptors (Lipinski definition) is 5. The van der Waals surface area contributed by atoms with E-state index in [4.69, 9.17) is 5.11 Å². The van der Waals surface area contributed by atoms with E-state index < -0.39 is 24.1 Å². The zero-order valence-electron chi connectivity index (χ0n) is 12.4. The zero-order chi connectivity index (χ0) is 16.9. The van der Waals surface area contributed by atoms with Crippen LogP contribution >= 0.6 is 11.3 Å². The number of aliphatic carboxylic acids is 1. The van der Waals surface area contributed by atoms with Crippen LogP contribution in [0.3, 0.4) is 0 Å². The molecule has 2 amide bonds. The van der Waals surface area contributed by atoms with Gasteiger partial charge >= 0.3 is 12.0 Å². The molecule has 1 heterocycles. The molecule has 7 nitrogen and oxygen atoms in total. The van der Waals surface area contributed by atoms with Crippen LogP contribution in [0.5, 0.6) is 0 Å². The number of nitrogens with one attached hydrogen (secondary N) is 2. The van der Waals surface area contributed by atoms with Gasteiger partial charge in [-0.05, 0) is 12.5 Å². The number of carbonyl (C=O) groups excluding carboxylic acids is 1. The topological polar surface area (TPSA) is 112 Å². The van der Waals surface area contributed by atoms with Crippen molar-refractivity contribution in [2.45, 2.75) is 18.9 Å². The summed E-state index contributed by atoms with van der Waals surface area (Å²) < 4.78 is 0. The molecule has 0 bridgehead atoms. The number of carboxylic acids is 1. The molecule has 4 N–H and O–H groups in total. The number of rotatable bonds is 6. The predicted molar refractivity (Wildman–Crippen MR) is 86.6 cm³/mol. The Hall–Kier alpha value is -2.45. The Balaban J connectivity index is 1.86. The monoisotopic (exact) mass is 335 g/mol. The molecule has 2 aromatic rings. The third-order valence-corrected chi connectivity index (χ3v) is 3.96. The van der Waals surface area contributed by atoms with E-state index in [-0.39, 0.29) is 0 Å². The lowest BCUT2D eigenvalue weighted by Gasteiger charge is -2.18. The number of anilines is 1. The number of urea groups is 1. The van der Waals surface area contributed by atoms with Crippen molar-refractivity contribution in [1.82, 2.24) is 10.3 Å². The number of hydrogen-bond donors (Lipinski definition) is 4. The molecular formula is C15H17N3O4S. The number of thiazole rings is 1. The summed E-state index contributed by atoms with van der Waals surface area (Å²) in [6.45, 7) is 0.702. The molecule has 23 heavy (non-hydrogen) atoms. The minimum absolute atomic E-state index is 0.406. The summed E-state index contributed by atoms with van der Waals surface area (Å²) in [4.78, 5) is 27.5. The van der Waals surface area contributed by atoms with Crippen molar-refractivity contribution in [2.75, 3.05) is 11.9 Å². The number of aromatic nitrogens is 1. The third-order valence-electron chi connectivity index (χ3n) is 3.05. The molecule has 0 saturated heterocycles.